The van der Waals surface area contributed by atoms with E-state index >= 15 is 0 Å². The average molecular weight is 697 g/mol. The highest BCUT2D eigenvalue weighted by molar-refractivity contribution is 6.05. The van der Waals surface area contributed by atoms with E-state index in [1.807, 2.05) is 30.3 Å². The van der Waals surface area contributed by atoms with Gasteiger partial charge in [0.2, 0.25) is 23.6 Å². The van der Waals surface area contributed by atoms with Gasteiger partial charge in [0.15, 0.2) is 0 Å². The first-order valence-electron chi connectivity index (χ1n) is 17.2. The van der Waals surface area contributed by atoms with Gasteiger partial charge in [-0.2, -0.15) is 0 Å². The Bertz CT molecular complexity index is 1730. The molecule has 0 aliphatic carbocycles. The molecule has 3 aromatic carbocycles. The molecule has 0 saturated carbocycles. The lowest BCUT2D eigenvalue weighted by atomic mass is 10.0. The van der Waals surface area contributed by atoms with Crippen LogP contribution >= 0.6 is 0 Å². The second kappa shape index (κ2) is 16.8. The van der Waals surface area contributed by atoms with Crippen molar-refractivity contribution in [2.75, 3.05) is 36.1 Å². The summed E-state index contributed by atoms with van der Waals surface area (Å²) in [5, 5.41) is 11.1. The van der Waals surface area contributed by atoms with Crippen LogP contribution in [0.1, 0.15) is 55.5 Å². The van der Waals surface area contributed by atoms with Crippen molar-refractivity contribution in [2.45, 2.75) is 64.1 Å². The molecule has 5 rings (SSSR count). The van der Waals surface area contributed by atoms with Crippen LogP contribution in [-0.4, -0.2) is 83.8 Å². The van der Waals surface area contributed by atoms with Crippen molar-refractivity contribution in [2.24, 2.45) is 5.92 Å². The Morgan fingerprint density at radius 2 is 1.22 bits per heavy atom. The number of alkyl carbamates (subject to hydrolysis) is 1. The monoisotopic (exact) mass is 696 g/mol. The van der Waals surface area contributed by atoms with Gasteiger partial charge in [0.25, 0.3) is 5.91 Å². The summed E-state index contributed by atoms with van der Waals surface area (Å²) in [4.78, 5) is 80.4. The minimum atomic E-state index is -0.830. The summed E-state index contributed by atoms with van der Waals surface area (Å²) in [5.74, 6) is -1.61. The lowest BCUT2D eigenvalue weighted by molar-refractivity contribution is -0.139. The first kappa shape index (κ1) is 36.6. The van der Waals surface area contributed by atoms with Crippen LogP contribution in [0.4, 0.5) is 21.9 Å². The van der Waals surface area contributed by atoms with Gasteiger partial charge in [-0.15, -0.1) is 0 Å². The maximum absolute atomic E-state index is 13.3. The fourth-order valence-corrected chi connectivity index (χ4v) is 6.39. The SMILES string of the molecule is COC(=O)NC(C(=O)N1CCCC1C(=O)Nc1ccc(C(=O)Nc2ccc(NC(=O)C3CCCN3C(=O)Cc3ccccc3)cc2)cc1)C(C)C. The van der Waals surface area contributed by atoms with E-state index < -0.39 is 24.2 Å². The molecule has 0 bridgehead atoms. The van der Waals surface area contributed by atoms with Crippen LogP contribution in [0, 0.1) is 5.92 Å². The number of nitrogens with one attached hydrogen (secondary N) is 4. The lowest BCUT2D eigenvalue weighted by Gasteiger charge is -2.30. The predicted octanol–water partition coefficient (Wildman–Crippen LogP) is 4.42. The predicted molar refractivity (Wildman–Crippen MR) is 192 cm³/mol. The number of ether oxygens (including phenoxy) is 1. The molecule has 13 heteroatoms. The van der Waals surface area contributed by atoms with Crippen LogP contribution in [0.15, 0.2) is 78.9 Å². The van der Waals surface area contributed by atoms with Gasteiger partial charge >= 0.3 is 6.09 Å². The summed E-state index contributed by atoms with van der Waals surface area (Å²) >= 11 is 0. The standard InChI is InChI=1S/C38H44N6O7/c1-24(2)33(42-38(50)51-3)37(49)44-22-8-12-31(44)36(48)40-27-15-13-26(14-16-27)34(46)39-28-17-19-29(20-18-28)41-35(47)30-11-7-21-43(30)32(45)23-25-9-5-4-6-10-25/h4-6,9-10,13-20,24,30-31,33H,7-8,11-12,21-23H2,1-3H3,(H,39,46)(H,40,48)(H,41,47)(H,42,50). The molecule has 0 radical (unpaired) electrons. The Morgan fingerprint density at radius 3 is 1.76 bits per heavy atom. The van der Waals surface area contributed by atoms with Crippen molar-refractivity contribution < 1.29 is 33.5 Å². The Hall–Kier alpha value is -5.72. The zero-order chi connectivity index (χ0) is 36.5. The molecule has 2 aliphatic rings. The number of likely N-dealkylation sites (tertiary alicyclic amines) is 2. The summed E-state index contributed by atoms with van der Waals surface area (Å²) in [6, 6.07) is 20.5. The molecule has 13 nitrogen and oxygen atoms in total. The van der Waals surface area contributed by atoms with Crippen LogP contribution in [-0.2, 0) is 30.3 Å². The molecule has 0 spiro atoms. The molecular weight excluding hydrogens is 652 g/mol. The van der Waals surface area contributed by atoms with Crippen LogP contribution < -0.4 is 21.3 Å². The molecule has 268 valence electrons. The van der Waals surface area contributed by atoms with Gasteiger partial charge in [-0.3, -0.25) is 24.0 Å². The zero-order valence-electron chi connectivity index (χ0n) is 29.0. The maximum Gasteiger partial charge on any atom is 0.407 e. The zero-order valence-corrected chi connectivity index (χ0v) is 29.0. The number of nitrogens with zero attached hydrogens (tertiary/aromatic N) is 2. The van der Waals surface area contributed by atoms with E-state index in [-0.39, 0.29) is 41.9 Å². The molecule has 3 unspecified atom stereocenters. The Balaban J connectivity index is 1.12. The smallest absolute Gasteiger partial charge is 0.407 e. The van der Waals surface area contributed by atoms with E-state index in [0.29, 0.717) is 55.0 Å². The molecular formula is C38H44N6O7. The van der Waals surface area contributed by atoms with Crippen LogP contribution in [0.2, 0.25) is 0 Å². The number of rotatable bonds is 11. The summed E-state index contributed by atoms with van der Waals surface area (Å²) < 4.78 is 4.66. The van der Waals surface area contributed by atoms with Crippen molar-refractivity contribution in [3.63, 3.8) is 0 Å². The summed E-state index contributed by atoms with van der Waals surface area (Å²) in [7, 11) is 1.22. The van der Waals surface area contributed by atoms with Crippen LogP contribution in [0.3, 0.4) is 0 Å². The molecule has 3 atom stereocenters. The Labute approximate surface area is 297 Å². The number of carbonyl (C=O) groups excluding carboxylic acids is 6. The fourth-order valence-electron chi connectivity index (χ4n) is 6.39. The molecule has 3 aromatic rings. The van der Waals surface area contributed by atoms with Crippen molar-refractivity contribution in [3.05, 3.63) is 90.0 Å². The third-order valence-electron chi connectivity index (χ3n) is 9.13. The molecule has 51 heavy (non-hydrogen) atoms. The number of methoxy groups -OCH3 is 1. The number of amides is 6. The first-order valence-corrected chi connectivity index (χ1v) is 17.2. The van der Waals surface area contributed by atoms with Gasteiger partial charge in [0.05, 0.1) is 13.5 Å². The van der Waals surface area contributed by atoms with Crippen LogP contribution in [0.25, 0.3) is 0 Å². The van der Waals surface area contributed by atoms with E-state index in [1.165, 1.54) is 12.0 Å². The van der Waals surface area contributed by atoms with Gasteiger partial charge in [-0.05, 0) is 85.7 Å². The minimum Gasteiger partial charge on any atom is -0.453 e. The number of hydrogen-bond donors (Lipinski definition) is 4. The van der Waals surface area contributed by atoms with E-state index in [2.05, 4.69) is 26.0 Å². The van der Waals surface area contributed by atoms with Crippen LogP contribution in [0.5, 0.6) is 0 Å². The van der Waals surface area contributed by atoms with Gasteiger partial charge in [-0.1, -0.05) is 44.2 Å². The largest absolute Gasteiger partial charge is 0.453 e. The summed E-state index contributed by atoms with van der Waals surface area (Å²) in [6.45, 7) is 4.55. The topological polar surface area (TPSA) is 166 Å². The maximum atomic E-state index is 13.3. The Morgan fingerprint density at radius 1 is 0.706 bits per heavy atom. The highest BCUT2D eigenvalue weighted by atomic mass is 16.5. The fraction of sp³-hybridized carbons (Fsp3) is 0.368. The van der Waals surface area contributed by atoms with E-state index in [1.54, 1.807) is 67.3 Å². The van der Waals surface area contributed by atoms with Gasteiger partial charge in [0.1, 0.15) is 18.1 Å². The number of carbonyl (C=O) groups is 6. The van der Waals surface area contributed by atoms with Crippen molar-refractivity contribution in [3.8, 4) is 0 Å². The molecule has 4 N–H and O–H groups in total. The molecule has 2 heterocycles. The van der Waals surface area contributed by atoms with Gasteiger partial charge < -0.3 is 35.8 Å². The second-order valence-electron chi connectivity index (χ2n) is 13.0. The number of benzene rings is 3. The third-order valence-corrected chi connectivity index (χ3v) is 9.13. The number of anilines is 3. The molecule has 0 aromatic heterocycles. The Kier molecular flexibility index (Phi) is 12.0. The molecule has 2 saturated heterocycles. The first-order chi connectivity index (χ1) is 24.5. The van der Waals surface area contributed by atoms with Crippen molar-refractivity contribution in [1.29, 1.82) is 0 Å². The van der Waals surface area contributed by atoms with E-state index in [0.717, 1.165) is 12.0 Å². The lowest BCUT2D eigenvalue weighted by Crippen LogP contribution is -2.54. The highest BCUT2D eigenvalue weighted by Crippen LogP contribution is 2.24. The summed E-state index contributed by atoms with van der Waals surface area (Å²) in [5.41, 5.74) is 2.79. The van der Waals surface area contributed by atoms with Gasteiger partial charge in [-0.25, -0.2) is 4.79 Å². The van der Waals surface area contributed by atoms with Gasteiger partial charge in [0, 0.05) is 35.7 Å². The molecule has 6 amide bonds. The molecule has 2 aliphatic heterocycles. The third kappa shape index (κ3) is 9.30. The summed E-state index contributed by atoms with van der Waals surface area (Å²) in [6.07, 6.45) is 2.01. The van der Waals surface area contributed by atoms with Crippen molar-refractivity contribution >= 4 is 52.7 Å². The van der Waals surface area contributed by atoms with E-state index in [4.69, 9.17) is 0 Å². The quantitative estimate of drug-likeness (QED) is 0.230. The minimum absolute atomic E-state index is 0.0779. The van der Waals surface area contributed by atoms with Crippen molar-refractivity contribution in [1.82, 2.24) is 15.1 Å². The second-order valence-corrected chi connectivity index (χ2v) is 13.0. The van der Waals surface area contributed by atoms with E-state index in [9.17, 15) is 28.8 Å². The average Bonchev–Trinajstić information content (AvgIpc) is 3.83. The normalized spacial score (nSPS) is 17.4. The number of hydrogen-bond acceptors (Lipinski definition) is 7. The molecule has 2 fully saturated rings. The highest BCUT2D eigenvalue weighted by Gasteiger charge is 2.39.